The second kappa shape index (κ2) is 6.68. The SMILES string of the molecule is CCOc1ccc(S(=O)(=O)N(Cc2cccnc2)C2CC2)cc1. The van der Waals surface area contributed by atoms with Gasteiger partial charge in [-0.2, -0.15) is 4.31 Å². The van der Waals surface area contributed by atoms with Crippen LogP contribution in [0, 0.1) is 0 Å². The summed E-state index contributed by atoms with van der Waals surface area (Å²) in [5, 5.41) is 0. The Hall–Kier alpha value is -1.92. The summed E-state index contributed by atoms with van der Waals surface area (Å²) in [4.78, 5) is 4.37. The molecule has 0 radical (unpaired) electrons. The minimum absolute atomic E-state index is 0.0896. The Morgan fingerprint density at radius 2 is 1.96 bits per heavy atom. The lowest BCUT2D eigenvalue weighted by Gasteiger charge is -2.22. The van der Waals surface area contributed by atoms with Crippen molar-refractivity contribution in [1.82, 2.24) is 9.29 Å². The lowest BCUT2D eigenvalue weighted by molar-refractivity contribution is 0.340. The monoisotopic (exact) mass is 332 g/mol. The number of nitrogens with zero attached hydrogens (tertiary/aromatic N) is 2. The number of ether oxygens (including phenoxy) is 1. The molecule has 6 heteroatoms. The van der Waals surface area contributed by atoms with Crippen LogP contribution in [-0.4, -0.2) is 30.4 Å². The minimum atomic E-state index is -3.52. The number of sulfonamides is 1. The molecule has 0 N–H and O–H groups in total. The molecule has 1 saturated carbocycles. The van der Waals surface area contributed by atoms with Gasteiger partial charge in [-0.15, -0.1) is 0 Å². The Kier molecular flexibility index (Phi) is 4.63. The van der Waals surface area contributed by atoms with Crippen LogP contribution in [0.5, 0.6) is 5.75 Å². The molecule has 0 bridgehead atoms. The normalized spacial score (nSPS) is 14.9. The molecule has 0 aliphatic heterocycles. The van der Waals surface area contributed by atoms with E-state index in [0.717, 1.165) is 18.4 Å². The maximum atomic E-state index is 13.0. The molecule has 5 nitrogen and oxygen atoms in total. The molecule has 1 aliphatic rings. The van der Waals surface area contributed by atoms with E-state index in [1.54, 1.807) is 41.0 Å². The van der Waals surface area contributed by atoms with Crippen LogP contribution in [0.2, 0.25) is 0 Å². The zero-order valence-electron chi connectivity index (χ0n) is 13.1. The van der Waals surface area contributed by atoms with Gasteiger partial charge in [0.1, 0.15) is 5.75 Å². The summed E-state index contributed by atoms with van der Waals surface area (Å²) >= 11 is 0. The zero-order valence-corrected chi connectivity index (χ0v) is 13.9. The van der Waals surface area contributed by atoms with Crippen molar-refractivity contribution in [2.24, 2.45) is 0 Å². The molecule has 0 spiro atoms. The lowest BCUT2D eigenvalue weighted by Crippen LogP contribution is -2.32. The Balaban J connectivity index is 1.85. The fourth-order valence-electron chi connectivity index (χ4n) is 2.45. The van der Waals surface area contributed by atoms with Gasteiger partial charge in [0.15, 0.2) is 0 Å². The summed E-state index contributed by atoms with van der Waals surface area (Å²) in [5.74, 6) is 0.677. The van der Waals surface area contributed by atoms with E-state index in [2.05, 4.69) is 4.98 Å². The molecule has 0 saturated heterocycles. The Morgan fingerprint density at radius 1 is 1.22 bits per heavy atom. The van der Waals surface area contributed by atoms with Gasteiger partial charge >= 0.3 is 0 Å². The highest BCUT2D eigenvalue weighted by molar-refractivity contribution is 7.89. The van der Waals surface area contributed by atoms with Crippen LogP contribution in [0.25, 0.3) is 0 Å². The minimum Gasteiger partial charge on any atom is -0.494 e. The molecule has 3 rings (SSSR count). The number of pyridine rings is 1. The summed E-state index contributed by atoms with van der Waals surface area (Å²) in [6, 6.07) is 10.4. The molecule has 1 fully saturated rings. The van der Waals surface area contributed by atoms with Crippen molar-refractivity contribution < 1.29 is 13.2 Å². The van der Waals surface area contributed by atoms with Gasteiger partial charge in [0.05, 0.1) is 11.5 Å². The van der Waals surface area contributed by atoms with Gasteiger partial charge in [-0.1, -0.05) is 6.07 Å². The van der Waals surface area contributed by atoms with E-state index in [1.807, 2.05) is 19.1 Å². The highest BCUT2D eigenvalue weighted by atomic mass is 32.2. The number of hydrogen-bond donors (Lipinski definition) is 0. The van der Waals surface area contributed by atoms with E-state index in [9.17, 15) is 8.42 Å². The van der Waals surface area contributed by atoms with Gasteiger partial charge in [0, 0.05) is 25.0 Å². The first-order valence-electron chi connectivity index (χ1n) is 7.75. The molecule has 1 aromatic carbocycles. The smallest absolute Gasteiger partial charge is 0.243 e. The van der Waals surface area contributed by atoms with Crippen LogP contribution < -0.4 is 4.74 Å². The quantitative estimate of drug-likeness (QED) is 0.782. The van der Waals surface area contributed by atoms with Crippen molar-refractivity contribution in [3.63, 3.8) is 0 Å². The van der Waals surface area contributed by atoms with Crippen LogP contribution in [0.15, 0.2) is 53.7 Å². The summed E-state index contributed by atoms with van der Waals surface area (Å²) in [5.41, 5.74) is 0.897. The first-order chi connectivity index (χ1) is 11.1. The van der Waals surface area contributed by atoms with Crippen LogP contribution in [0.3, 0.4) is 0 Å². The zero-order chi connectivity index (χ0) is 16.3. The maximum absolute atomic E-state index is 13.0. The average molecular weight is 332 g/mol. The topological polar surface area (TPSA) is 59.5 Å². The summed E-state index contributed by atoms with van der Waals surface area (Å²) in [6.45, 7) is 2.81. The molecule has 2 aromatic rings. The number of aromatic nitrogens is 1. The Morgan fingerprint density at radius 3 is 2.52 bits per heavy atom. The third kappa shape index (κ3) is 3.71. The second-order valence-corrected chi connectivity index (χ2v) is 7.44. The first kappa shape index (κ1) is 16.0. The third-order valence-electron chi connectivity index (χ3n) is 3.76. The predicted molar refractivity (Wildman–Crippen MR) is 87.6 cm³/mol. The van der Waals surface area contributed by atoms with Gasteiger partial charge in [-0.25, -0.2) is 8.42 Å². The van der Waals surface area contributed by atoms with E-state index >= 15 is 0 Å². The van der Waals surface area contributed by atoms with E-state index < -0.39 is 10.0 Å². The summed E-state index contributed by atoms with van der Waals surface area (Å²) in [7, 11) is -3.52. The van der Waals surface area contributed by atoms with Crippen molar-refractivity contribution in [3.8, 4) is 5.75 Å². The van der Waals surface area contributed by atoms with Crippen LogP contribution in [0.1, 0.15) is 25.3 Å². The van der Waals surface area contributed by atoms with Crippen molar-refractivity contribution in [1.29, 1.82) is 0 Å². The molecule has 0 amide bonds. The molecule has 0 unspecified atom stereocenters. The van der Waals surface area contributed by atoms with Crippen LogP contribution in [-0.2, 0) is 16.6 Å². The van der Waals surface area contributed by atoms with Gasteiger partial charge in [0.2, 0.25) is 10.0 Å². The van der Waals surface area contributed by atoms with E-state index in [4.69, 9.17) is 4.74 Å². The molecule has 0 atom stereocenters. The first-order valence-corrected chi connectivity index (χ1v) is 9.19. The maximum Gasteiger partial charge on any atom is 0.243 e. The fourth-order valence-corrected chi connectivity index (χ4v) is 4.13. The number of hydrogen-bond acceptors (Lipinski definition) is 4. The van der Waals surface area contributed by atoms with Crippen molar-refractivity contribution in [2.75, 3.05) is 6.61 Å². The van der Waals surface area contributed by atoms with Crippen molar-refractivity contribution in [3.05, 3.63) is 54.4 Å². The molecule has 122 valence electrons. The molecule has 23 heavy (non-hydrogen) atoms. The predicted octanol–water partition coefficient (Wildman–Crippen LogP) is 2.83. The second-order valence-electron chi connectivity index (χ2n) is 5.55. The molecular weight excluding hydrogens is 312 g/mol. The highest BCUT2D eigenvalue weighted by Gasteiger charge is 2.38. The van der Waals surface area contributed by atoms with Gasteiger partial charge in [-0.05, 0) is 55.7 Å². The lowest BCUT2D eigenvalue weighted by atomic mass is 10.3. The molecule has 1 heterocycles. The standard InChI is InChI=1S/C17H20N2O3S/c1-2-22-16-7-9-17(10-8-16)23(20,21)19(15-5-6-15)13-14-4-3-11-18-12-14/h3-4,7-12,15H,2,5-6,13H2,1H3. The average Bonchev–Trinajstić information content (AvgIpc) is 3.39. The van der Waals surface area contributed by atoms with Gasteiger partial charge < -0.3 is 4.74 Å². The largest absolute Gasteiger partial charge is 0.494 e. The van der Waals surface area contributed by atoms with E-state index in [1.165, 1.54) is 0 Å². The van der Waals surface area contributed by atoms with Crippen LogP contribution in [0.4, 0.5) is 0 Å². The molecule has 1 aromatic heterocycles. The third-order valence-corrected chi connectivity index (χ3v) is 5.67. The number of rotatable bonds is 7. The molecule has 1 aliphatic carbocycles. The molecular formula is C17H20N2O3S. The Labute approximate surface area is 137 Å². The van der Waals surface area contributed by atoms with E-state index in [-0.39, 0.29) is 6.04 Å². The summed E-state index contributed by atoms with van der Waals surface area (Å²) < 4.78 is 32.9. The fraction of sp³-hybridized carbons (Fsp3) is 0.353. The highest BCUT2D eigenvalue weighted by Crippen LogP contribution is 2.33. The Bertz CT molecular complexity index is 741. The van der Waals surface area contributed by atoms with Crippen molar-refractivity contribution in [2.45, 2.75) is 37.2 Å². The van der Waals surface area contributed by atoms with Gasteiger partial charge in [-0.3, -0.25) is 4.98 Å². The van der Waals surface area contributed by atoms with Crippen molar-refractivity contribution >= 4 is 10.0 Å². The van der Waals surface area contributed by atoms with Gasteiger partial charge in [0.25, 0.3) is 0 Å². The summed E-state index contributed by atoms with van der Waals surface area (Å²) in [6.07, 6.45) is 5.22. The van der Waals surface area contributed by atoms with Crippen LogP contribution >= 0.6 is 0 Å². The van der Waals surface area contributed by atoms with E-state index in [0.29, 0.717) is 23.8 Å². The number of benzene rings is 1.